The van der Waals surface area contributed by atoms with E-state index < -0.39 is 23.3 Å². The van der Waals surface area contributed by atoms with Crippen LogP contribution in [0.3, 0.4) is 0 Å². The summed E-state index contributed by atoms with van der Waals surface area (Å²) >= 11 is 0. The van der Waals surface area contributed by atoms with Crippen LogP contribution in [0.25, 0.3) is 0 Å². The molecule has 0 aromatic heterocycles. The molecule has 2 rings (SSSR count). The molecule has 1 saturated heterocycles. The van der Waals surface area contributed by atoms with Crippen molar-refractivity contribution in [2.24, 2.45) is 5.73 Å². The fourth-order valence-electron chi connectivity index (χ4n) is 2.44. The van der Waals surface area contributed by atoms with Gasteiger partial charge in [0.1, 0.15) is 0 Å². The summed E-state index contributed by atoms with van der Waals surface area (Å²) in [5, 5.41) is 4.37. The maximum absolute atomic E-state index is 12.3. The number of carbonyl (C=O) groups is 3. The summed E-state index contributed by atoms with van der Waals surface area (Å²) in [6, 6.07) is 7.99. The molecule has 4 amide bonds. The number of amides is 4. The van der Waals surface area contributed by atoms with Crippen LogP contribution in [-0.4, -0.2) is 24.4 Å². The lowest BCUT2D eigenvalue weighted by Gasteiger charge is -2.34. The third-order valence-corrected chi connectivity index (χ3v) is 3.50. The third kappa shape index (κ3) is 2.42. The van der Waals surface area contributed by atoms with Crippen molar-refractivity contribution in [3.63, 3.8) is 0 Å². The molecule has 1 fully saturated rings. The Hall–Kier alpha value is -2.21. The van der Waals surface area contributed by atoms with Gasteiger partial charge in [-0.25, -0.2) is 4.79 Å². The van der Waals surface area contributed by atoms with Crippen LogP contribution in [0.1, 0.15) is 24.8 Å². The first-order valence-corrected chi connectivity index (χ1v) is 6.53. The van der Waals surface area contributed by atoms with E-state index in [-0.39, 0.29) is 0 Å². The highest BCUT2D eigenvalue weighted by Gasteiger charge is 2.50. The minimum atomic E-state index is -1.36. The molecule has 1 aromatic rings. The number of imide groups is 2. The molecule has 6 nitrogen and oxygen atoms in total. The topological polar surface area (TPSA) is 101 Å². The molecule has 0 aliphatic carbocycles. The molecule has 0 radical (unpaired) electrons. The Balaban J connectivity index is 2.40. The highest BCUT2D eigenvalue weighted by Crippen LogP contribution is 2.32. The first-order valence-electron chi connectivity index (χ1n) is 6.53. The zero-order valence-electron chi connectivity index (χ0n) is 11.0. The SMILES string of the molecule is NCCCCC1(c2ccccc2)C(=O)NC(=O)NC1=O. The van der Waals surface area contributed by atoms with E-state index in [1.165, 1.54) is 0 Å². The molecule has 1 heterocycles. The van der Waals surface area contributed by atoms with E-state index in [1.807, 2.05) is 0 Å². The van der Waals surface area contributed by atoms with Gasteiger partial charge in [0.2, 0.25) is 11.8 Å². The molecule has 106 valence electrons. The highest BCUT2D eigenvalue weighted by atomic mass is 16.2. The average molecular weight is 275 g/mol. The van der Waals surface area contributed by atoms with Gasteiger partial charge in [-0.1, -0.05) is 36.8 Å². The standard InChI is InChI=1S/C14H17N3O3/c15-9-5-4-8-14(10-6-2-1-3-7-10)11(18)16-13(20)17-12(14)19/h1-3,6-7H,4-5,8-9,15H2,(H2,16,17,18,19,20). The van der Waals surface area contributed by atoms with Gasteiger partial charge in [-0.2, -0.15) is 0 Å². The summed E-state index contributed by atoms with van der Waals surface area (Å²) in [7, 11) is 0. The monoisotopic (exact) mass is 275 g/mol. The van der Waals surface area contributed by atoms with Crippen LogP contribution in [0.2, 0.25) is 0 Å². The number of carbonyl (C=O) groups excluding carboxylic acids is 3. The zero-order chi connectivity index (χ0) is 14.6. The van der Waals surface area contributed by atoms with E-state index in [0.29, 0.717) is 31.4 Å². The normalized spacial score (nSPS) is 17.6. The van der Waals surface area contributed by atoms with Crippen molar-refractivity contribution in [3.8, 4) is 0 Å². The van der Waals surface area contributed by atoms with Crippen LogP contribution in [0.15, 0.2) is 30.3 Å². The number of rotatable bonds is 5. The summed E-state index contributed by atoms with van der Waals surface area (Å²) in [6.07, 6.45) is 1.66. The number of nitrogens with two attached hydrogens (primary N) is 1. The zero-order valence-corrected chi connectivity index (χ0v) is 11.0. The molecule has 0 atom stereocenters. The predicted octanol–water partition coefficient (Wildman–Crippen LogP) is 0.419. The van der Waals surface area contributed by atoms with Crippen molar-refractivity contribution in [2.75, 3.05) is 6.54 Å². The first kappa shape index (κ1) is 14.2. The van der Waals surface area contributed by atoms with E-state index in [9.17, 15) is 14.4 Å². The maximum Gasteiger partial charge on any atom is 0.328 e. The third-order valence-electron chi connectivity index (χ3n) is 3.50. The number of unbranched alkanes of at least 4 members (excludes halogenated alkanes) is 1. The Bertz CT molecular complexity index is 508. The lowest BCUT2D eigenvalue weighted by atomic mass is 9.73. The summed E-state index contributed by atoms with van der Waals surface area (Å²) < 4.78 is 0. The quantitative estimate of drug-likeness (QED) is 0.535. The van der Waals surface area contributed by atoms with E-state index in [4.69, 9.17) is 5.73 Å². The molecule has 20 heavy (non-hydrogen) atoms. The molecular formula is C14H17N3O3. The molecule has 6 heteroatoms. The van der Waals surface area contributed by atoms with Gasteiger partial charge in [-0.3, -0.25) is 20.2 Å². The molecule has 0 unspecified atom stereocenters. The van der Waals surface area contributed by atoms with Gasteiger partial charge < -0.3 is 5.73 Å². The summed E-state index contributed by atoms with van der Waals surface area (Å²) in [4.78, 5) is 35.9. The van der Waals surface area contributed by atoms with E-state index in [2.05, 4.69) is 10.6 Å². The Kier molecular flexibility index (Phi) is 4.14. The lowest BCUT2D eigenvalue weighted by molar-refractivity contribution is -0.139. The van der Waals surface area contributed by atoms with Crippen LogP contribution in [0, 0.1) is 0 Å². The Morgan fingerprint density at radius 2 is 1.55 bits per heavy atom. The first-order chi connectivity index (χ1) is 9.61. The van der Waals surface area contributed by atoms with Gasteiger partial charge in [0.15, 0.2) is 5.41 Å². The highest BCUT2D eigenvalue weighted by molar-refractivity contribution is 6.22. The lowest BCUT2D eigenvalue weighted by Crippen LogP contribution is -2.64. The van der Waals surface area contributed by atoms with Gasteiger partial charge in [0.25, 0.3) is 0 Å². The predicted molar refractivity (Wildman–Crippen MR) is 72.7 cm³/mol. The minimum absolute atomic E-state index is 0.319. The molecule has 0 saturated carbocycles. The Morgan fingerprint density at radius 1 is 0.950 bits per heavy atom. The summed E-state index contributed by atoms with van der Waals surface area (Å²) in [6.45, 7) is 0.493. The number of urea groups is 1. The minimum Gasteiger partial charge on any atom is -0.330 e. The van der Waals surface area contributed by atoms with Crippen LogP contribution in [-0.2, 0) is 15.0 Å². The van der Waals surface area contributed by atoms with Crippen LogP contribution >= 0.6 is 0 Å². The van der Waals surface area contributed by atoms with Crippen molar-refractivity contribution >= 4 is 17.8 Å². The second-order valence-electron chi connectivity index (χ2n) is 4.75. The smallest absolute Gasteiger partial charge is 0.328 e. The average Bonchev–Trinajstić information content (AvgIpc) is 2.43. The molecule has 0 bridgehead atoms. The number of benzene rings is 1. The largest absolute Gasteiger partial charge is 0.330 e. The molecule has 1 aliphatic heterocycles. The maximum atomic E-state index is 12.3. The van der Waals surface area contributed by atoms with Crippen LogP contribution in [0.5, 0.6) is 0 Å². The van der Waals surface area contributed by atoms with Gasteiger partial charge in [0, 0.05) is 0 Å². The Morgan fingerprint density at radius 3 is 2.10 bits per heavy atom. The number of hydrogen-bond donors (Lipinski definition) is 3. The second-order valence-corrected chi connectivity index (χ2v) is 4.75. The van der Waals surface area contributed by atoms with E-state index >= 15 is 0 Å². The van der Waals surface area contributed by atoms with Crippen molar-refractivity contribution in [2.45, 2.75) is 24.7 Å². The fourth-order valence-corrected chi connectivity index (χ4v) is 2.44. The van der Waals surface area contributed by atoms with Crippen LogP contribution in [0.4, 0.5) is 4.79 Å². The summed E-state index contributed by atoms with van der Waals surface area (Å²) in [5.74, 6) is -1.15. The van der Waals surface area contributed by atoms with Gasteiger partial charge in [-0.15, -0.1) is 0 Å². The fraction of sp³-hybridized carbons (Fsp3) is 0.357. The van der Waals surface area contributed by atoms with Crippen molar-refractivity contribution in [3.05, 3.63) is 35.9 Å². The number of nitrogens with one attached hydrogen (secondary N) is 2. The number of hydrogen-bond acceptors (Lipinski definition) is 4. The molecule has 1 aromatic carbocycles. The Labute approximate surface area is 116 Å². The molecular weight excluding hydrogens is 258 g/mol. The van der Waals surface area contributed by atoms with E-state index in [0.717, 1.165) is 0 Å². The van der Waals surface area contributed by atoms with Gasteiger partial charge in [0.05, 0.1) is 0 Å². The van der Waals surface area contributed by atoms with Crippen LogP contribution < -0.4 is 16.4 Å². The number of barbiturate groups is 1. The van der Waals surface area contributed by atoms with Crippen molar-refractivity contribution < 1.29 is 14.4 Å². The van der Waals surface area contributed by atoms with Crippen molar-refractivity contribution in [1.82, 2.24) is 10.6 Å². The molecule has 0 spiro atoms. The summed E-state index contributed by atoms with van der Waals surface area (Å²) in [5.41, 5.74) is 4.69. The van der Waals surface area contributed by atoms with Crippen molar-refractivity contribution in [1.29, 1.82) is 0 Å². The molecule has 1 aliphatic rings. The van der Waals surface area contributed by atoms with E-state index in [1.54, 1.807) is 30.3 Å². The van der Waals surface area contributed by atoms with Gasteiger partial charge >= 0.3 is 6.03 Å². The molecule has 4 N–H and O–H groups in total. The second kappa shape index (κ2) is 5.83. The van der Waals surface area contributed by atoms with Gasteiger partial charge in [-0.05, 0) is 24.9 Å².